The van der Waals surface area contributed by atoms with E-state index < -0.39 is 0 Å². The highest BCUT2D eigenvalue weighted by atomic mass is 32.2. The molecule has 0 aliphatic heterocycles. The monoisotopic (exact) mass is 422 g/mol. The summed E-state index contributed by atoms with van der Waals surface area (Å²) in [6.45, 7) is 9.73. The first kappa shape index (κ1) is 20.2. The average molecular weight is 423 g/mol. The predicted molar refractivity (Wildman–Crippen MR) is 114 cm³/mol. The quantitative estimate of drug-likeness (QED) is 0.318. The van der Waals surface area contributed by atoms with Gasteiger partial charge in [0.15, 0.2) is 11.6 Å². The van der Waals surface area contributed by atoms with Gasteiger partial charge >= 0.3 is 0 Å². The Kier molecular flexibility index (Phi) is 5.34. The largest absolute Gasteiger partial charge is 0.411 e. The highest BCUT2D eigenvalue weighted by Crippen LogP contribution is 2.27. The molecule has 0 saturated heterocycles. The van der Waals surface area contributed by atoms with Gasteiger partial charge in [0.05, 0.1) is 5.75 Å². The molecule has 0 bridgehead atoms. The lowest BCUT2D eigenvalue weighted by Gasteiger charge is -2.04. The summed E-state index contributed by atoms with van der Waals surface area (Å²) in [6.07, 6.45) is 0. The standard InChI is InChI=1S/C22H22N4O3S/c1-12-6-13(2)8-17(7-12)21-23-24-22(28-21)30-11-19(27)18-9-14(3)26(16(18)5)20-10-15(4)29-25-20/h6-10H,11H2,1-5H3. The van der Waals surface area contributed by atoms with E-state index in [0.717, 1.165) is 33.8 Å². The van der Waals surface area contributed by atoms with Crippen LogP contribution in [0.15, 0.2) is 44.5 Å². The minimum absolute atomic E-state index is 0.00860. The number of Topliss-reactive ketones (excluding diaryl/α,β-unsaturated/α-hetero) is 1. The minimum atomic E-state index is -0.00860. The third-order valence-corrected chi connectivity index (χ3v) is 5.60. The fourth-order valence-electron chi connectivity index (χ4n) is 3.54. The fourth-order valence-corrected chi connectivity index (χ4v) is 4.19. The molecule has 4 rings (SSSR count). The minimum Gasteiger partial charge on any atom is -0.411 e. The summed E-state index contributed by atoms with van der Waals surface area (Å²) in [5, 5.41) is 12.6. The molecule has 0 N–H and O–H groups in total. The third kappa shape index (κ3) is 3.95. The molecule has 0 amide bonds. The third-order valence-electron chi connectivity index (χ3n) is 4.78. The number of aromatic nitrogens is 4. The first-order valence-electron chi connectivity index (χ1n) is 9.52. The van der Waals surface area contributed by atoms with Crippen LogP contribution in [0.5, 0.6) is 0 Å². The molecule has 0 saturated carbocycles. The van der Waals surface area contributed by atoms with E-state index >= 15 is 0 Å². The number of nitrogens with zero attached hydrogens (tertiary/aromatic N) is 4. The second kappa shape index (κ2) is 7.95. The van der Waals surface area contributed by atoms with Crippen LogP contribution in [0.25, 0.3) is 17.3 Å². The van der Waals surface area contributed by atoms with Crippen molar-refractivity contribution in [3.05, 3.63) is 64.2 Å². The smallest absolute Gasteiger partial charge is 0.277 e. The molecule has 0 aliphatic rings. The molecule has 0 radical (unpaired) electrons. The molecule has 4 aromatic rings. The zero-order valence-corrected chi connectivity index (χ0v) is 18.3. The maximum atomic E-state index is 12.8. The molecule has 7 nitrogen and oxygen atoms in total. The van der Waals surface area contributed by atoms with E-state index in [1.807, 2.05) is 63.5 Å². The van der Waals surface area contributed by atoms with Crippen LogP contribution in [0.4, 0.5) is 0 Å². The Bertz CT molecular complexity index is 1210. The van der Waals surface area contributed by atoms with Crippen LogP contribution >= 0.6 is 11.8 Å². The normalized spacial score (nSPS) is 11.2. The molecule has 8 heteroatoms. The molecule has 154 valence electrons. The van der Waals surface area contributed by atoms with Crippen molar-refractivity contribution in [2.75, 3.05) is 5.75 Å². The van der Waals surface area contributed by atoms with Crippen molar-refractivity contribution in [1.29, 1.82) is 0 Å². The van der Waals surface area contributed by atoms with Crippen molar-refractivity contribution in [2.45, 2.75) is 39.8 Å². The first-order valence-corrected chi connectivity index (χ1v) is 10.5. The van der Waals surface area contributed by atoms with Gasteiger partial charge in [-0.25, -0.2) is 0 Å². The Balaban J connectivity index is 1.49. The van der Waals surface area contributed by atoms with Crippen LogP contribution in [0.2, 0.25) is 0 Å². The van der Waals surface area contributed by atoms with E-state index in [4.69, 9.17) is 8.94 Å². The van der Waals surface area contributed by atoms with E-state index in [9.17, 15) is 4.79 Å². The van der Waals surface area contributed by atoms with Gasteiger partial charge < -0.3 is 8.94 Å². The summed E-state index contributed by atoms with van der Waals surface area (Å²) in [5.74, 6) is 2.04. The van der Waals surface area contributed by atoms with Gasteiger partial charge in [-0.15, -0.1) is 10.2 Å². The Hall–Kier alpha value is -3.13. The highest BCUT2D eigenvalue weighted by Gasteiger charge is 2.20. The van der Waals surface area contributed by atoms with E-state index in [-0.39, 0.29) is 11.5 Å². The lowest BCUT2D eigenvalue weighted by atomic mass is 10.1. The molecule has 0 atom stereocenters. The summed E-state index contributed by atoms with van der Waals surface area (Å²) in [6, 6.07) is 9.80. The van der Waals surface area contributed by atoms with Gasteiger partial charge in [-0.05, 0) is 52.8 Å². The van der Waals surface area contributed by atoms with Crippen molar-refractivity contribution in [3.63, 3.8) is 0 Å². The van der Waals surface area contributed by atoms with Crippen molar-refractivity contribution in [2.24, 2.45) is 0 Å². The van der Waals surface area contributed by atoms with Gasteiger partial charge in [0.1, 0.15) is 5.76 Å². The first-order chi connectivity index (χ1) is 14.3. The number of hydrogen-bond acceptors (Lipinski definition) is 7. The second-order valence-corrected chi connectivity index (χ2v) is 8.30. The highest BCUT2D eigenvalue weighted by molar-refractivity contribution is 7.99. The van der Waals surface area contributed by atoms with E-state index in [2.05, 4.69) is 21.4 Å². The molecule has 3 aromatic heterocycles. The number of hydrogen-bond donors (Lipinski definition) is 0. The number of carbonyl (C=O) groups is 1. The Morgan fingerprint density at radius 3 is 2.40 bits per heavy atom. The predicted octanol–water partition coefficient (Wildman–Crippen LogP) is 5.03. The van der Waals surface area contributed by atoms with Crippen LogP contribution in [0, 0.1) is 34.6 Å². The SMILES string of the molecule is Cc1cc(C)cc(-c2nnc(SCC(=O)c3cc(C)n(-c4cc(C)on4)c3C)o2)c1. The maximum Gasteiger partial charge on any atom is 0.277 e. The zero-order valence-electron chi connectivity index (χ0n) is 17.5. The van der Waals surface area contributed by atoms with Crippen LogP contribution in [0.3, 0.4) is 0 Å². The van der Waals surface area contributed by atoms with E-state index in [1.165, 1.54) is 11.8 Å². The number of aryl methyl sites for hydroxylation is 4. The molecule has 1 aromatic carbocycles. The Labute approximate surface area is 178 Å². The van der Waals surface area contributed by atoms with E-state index in [1.54, 1.807) is 0 Å². The lowest BCUT2D eigenvalue weighted by Crippen LogP contribution is -2.05. The molecule has 0 fully saturated rings. The second-order valence-electron chi connectivity index (χ2n) is 7.38. The molecule has 3 heterocycles. The maximum absolute atomic E-state index is 12.8. The van der Waals surface area contributed by atoms with E-state index in [0.29, 0.717) is 22.5 Å². The number of thioether (sulfide) groups is 1. The summed E-state index contributed by atoms with van der Waals surface area (Å²) in [4.78, 5) is 12.8. The molecule has 0 spiro atoms. The molecule has 30 heavy (non-hydrogen) atoms. The zero-order chi connectivity index (χ0) is 21.4. The fraction of sp³-hybridized carbons (Fsp3) is 0.273. The van der Waals surface area contributed by atoms with Gasteiger partial charge in [-0.1, -0.05) is 34.1 Å². The lowest BCUT2D eigenvalue weighted by molar-refractivity contribution is 0.102. The van der Waals surface area contributed by atoms with Gasteiger partial charge in [0.25, 0.3) is 5.22 Å². The van der Waals surface area contributed by atoms with Crippen molar-refractivity contribution >= 4 is 17.5 Å². The van der Waals surface area contributed by atoms with Crippen LogP contribution in [0.1, 0.15) is 38.6 Å². The summed E-state index contributed by atoms with van der Waals surface area (Å²) < 4.78 is 12.8. The molecular formula is C22H22N4O3S. The summed E-state index contributed by atoms with van der Waals surface area (Å²) >= 11 is 1.24. The van der Waals surface area contributed by atoms with Crippen molar-refractivity contribution in [1.82, 2.24) is 19.9 Å². The Morgan fingerprint density at radius 1 is 1.00 bits per heavy atom. The van der Waals surface area contributed by atoms with Crippen LogP contribution in [-0.4, -0.2) is 31.5 Å². The van der Waals surface area contributed by atoms with Gasteiger partial charge in [0.2, 0.25) is 5.89 Å². The molecule has 0 unspecified atom stereocenters. The van der Waals surface area contributed by atoms with Gasteiger partial charge in [-0.3, -0.25) is 9.36 Å². The molecule has 0 aliphatic carbocycles. The average Bonchev–Trinajstić information content (AvgIpc) is 3.38. The number of ketones is 1. The number of rotatable bonds is 6. The van der Waals surface area contributed by atoms with Gasteiger partial charge in [0, 0.05) is 28.6 Å². The summed E-state index contributed by atoms with van der Waals surface area (Å²) in [5.41, 5.74) is 5.53. The van der Waals surface area contributed by atoms with Gasteiger partial charge in [-0.2, -0.15) is 0 Å². The van der Waals surface area contributed by atoms with Crippen LogP contribution in [-0.2, 0) is 0 Å². The number of benzene rings is 1. The summed E-state index contributed by atoms with van der Waals surface area (Å²) in [7, 11) is 0. The number of carbonyl (C=O) groups excluding carboxylic acids is 1. The van der Waals surface area contributed by atoms with Crippen molar-refractivity contribution in [3.8, 4) is 17.3 Å². The van der Waals surface area contributed by atoms with Crippen molar-refractivity contribution < 1.29 is 13.7 Å². The Morgan fingerprint density at radius 2 is 1.73 bits per heavy atom. The topological polar surface area (TPSA) is 87.0 Å². The van der Waals surface area contributed by atoms with Crippen LogP contribution < -0.4 is 0 Å². The molecular weight excluding hydrogens is 400 g/mol.